The number of aromatic nitrogens is 2. The molecule has 3 heterocycles. The average molecular weight is 217 g/mol. The summed E-state index contributed by atoms with van der Waals surface area (Å²) in [6.45, 7) is 5.01. The van der Waals surface area contributed by atoms with Gasteiger partial charge in [0.05, 0.1) is 29.8 Å². The van der Waals surface area contributed by atoms with Crippen LogP contribution in [0.25, 0.3) is 11.4 Å². The summed E-state index contributed by atoms with van der Waals surface area (Å²) < 4.78 is 1.97. The molecule has 0 aliphatic carbocycles. The molecule has 1 aliphatic heterocycles. The topological polar surface area (TPSA) is 21.1 Å². The number of fused-ring (bicyclic) bond motifs is 3. The summed E-state index contributed by atoms with van der Waals surface area (Å²) in [5.41, 5.74) is 3.29. The zero-order chi connectivity index (χ0) is 10.4. The number of hydrogen-bond acceptors (Lipinski definition) is 3. The second kappa shape index (κ2) is 2.97. The predicted octanol–water partition coefficient (Wildman–Crippen LogP) is 2.35. The van der Waals surface area contributed by atoms with Gasteiger partial charge >= 0.3 is 0 Å². The molecule has 1 aliphatic rings. The van der Waals surface area contributed by atoms with Crippen molar-refractivity contribution in [2.75, 3.05) is 7.05 Å². The zero-order valence-electron chi connectivity index (χ0n) is 8.47. The fraction of sp³-hybridized carbons (Fsp3) is 0.182. The standard InChI is InChI=1S/C11H11N3S/c1-8-9-3-5-12-14(9)10-4-6-15-11(10)7-13(8)2/h3-6H,1,7H2,2H3. The Morgan fingerprint density at radius 1 is 1.47 bits per heavy atom. The van der Waals surface area contributed by atoms with Crippen LogP contribution in [-0.4, -0.2) is 21.7 Å². The third-order valence-electron chi connectivity index (χ3n) is 2.73. The normalized spacial score (nSPS) is 14.7. The van der Waals surface area contributed by atoms with Crippen LogP contribution >= 0.6 is 11.3 Å². The van der Waals surface area contributed by atoms with Gasteiger partial charge in [-0.15, -0.1) is 11.3 Å². The zero-order valence-corrected chi connectivity index (χ0v) is 9.29. The quantitative estimate of drug-likeness (QED) is 0.675. The van der Waals surface area contributed by atoms with Gasteiger partial charge in [-0.1, -0.05) is 6.58 Å². The average Bonchev–Trinajstić information content (AvgIpc) is 2.81. The van der Waals surface area contributed by atoms with Crippen molar-refractivity contribution in [1.29, 1.82) is 0 Å². The third kappa shape index (κ3) is 1.15. The lowest BCUT2D eigenvalue weighted by Crippen LogP contribution is -2.13. The molecule has 4 heteroatoms. The van der Waals surface area contributed by atoms with Gasteiger partial charge in [0.2, 0.25) is 0 Å². The molecule has 0 atom stereocenters. The molecule has 0 bridgehead atoms. The Bertz CT molecular complexity index is 523. The van der Waals surface area contributed by atoms with Crippen molar-refractivity contribution in [2.45, 2.75) is 6.54 Å². The van der Waals surface area contributed by atoms with Crippen LogP contribution in [0.15, 0.2) is 30.3 Å². The molecular formula is C11H11N3S. The Morgan fingerprint density at radius 2 is 2.33 bits per heavy atom. The van der Waals surface area contributed by atoms with Gasteiger partial charge in [0.1, 0.15) is 0 Å². The lowest BCUT2D eigenvalue weighted by atomic mass is 10.3. The fourth-order valence-electron chi connectivity index (χ4n) is 1.86. The van der Waals surface area contributed by atoms with Gasteiger partial charge in [-0.2, -0.15) is 5.10 Å². The molecule has 0 N–H and O–H groups in total. The molecule has 0 amide bonds. The summed E-state index contributed by atoms with van der Waals surface area (Å²) in [6, 6.07) is 4.12. The molecule has 3 rings (SSSR count). The van der Waals surface area contributed by atoms with E-state index in [1.54, 1.807) is 11.3 Å². The first-order chi connectivity index (χ1) is 7.27. The van der Waals surface area contributed by atoms with Crippen LogP contribution in [0.4, 0.5) is 0 Å². The Kier molecular flexibility index (Phi) is 1.73. The molecule has 2 aromatic rings. The molecule has 0 aromatic carbocycles. The molecule has 0 spiro atoms. The highest BCUT2D eigenvalue weighted by molar-refractivity contribution is 7.10. The molecule has 2 aromatic heterocycles. The van der Waals surface area contributed by atoms with Gasteiger partial charge in [-0.05, 0) is 17.5 Å². The van der Waals surface area contributed by atoms with Crippen molar-refractivity contribution >= 4 is 17.0 Å². The minimum Gasteiger partial charge on any atom is -0.368 e. The van der Waals surface area contributed by atoms with Gasteiger partial charge in [0.25, 0.3) is 0 Å². The smallest absolute Gasteiger partial charge is 0.0896 e. The fourth-order valence-corrected chi connectivity index (χ4v) is 2.77. The number of nitrogens with zero attached hydrogens (tertiary/aromatic N) is 3. The molecule has 0 unspecified atom stereocenters. The van der Waals surface area contributed by atoms with Crippen LogP contribution in [0.2, 0.25) is 0 Å². The SMILES string of the molecule is C=C1c2ccnn2-c2ccsc2CN1C. The van der Waals surface area contributed by atoms with E-state index in [0.717, 1.165) is 17.9 Å². The molecule has 3 nitrogen and oxygen atoms in total. The monoisotopic (exact) mass is 217 g/mol. The van der Waals surface area contributed by atoms with Gasteiger partial charge in [-0.3, -0.25) is 0 Å². The van der Waals surface area contributed by atoms with E-state index in [-0.39, 0.29) is 0 Å². The first-order valence-corrected chi connectivity index (χ1v) is 5.66. The van der Waals surface area contributed by atoms with Crippen LogP contribution in [0.1, 0.15) is 10.6 Å². The lowest BCUT2D eigenvalue weighted by molar-refractivity contribution is 0.484. The van der Waals surface area contributed by atoms with E-state index in [1.807, 2.05) is 16.9 Å². The molecule has 0 radical (unpaired) electrons. The van der Waals surface area contributed by atoms with Crippen molar-refractivity contribution in [3.8, 4) is 5.69 Å². The summed E-state index contributed by atoms with van der Waals surface area (Å²) in [6.07, 6.45) is 1.82. The van der Waals surface area contributed by atoms with Gasteiger partial charge < -0.3 is 4.90 Å². The number of thiophene rings is 1. The van der Waals surface area contributed by atoms with Crippen molar-refractivity contribution in [2.24, 2.45) is 0 Å². The van der Waals surface area contributed by atoms with E-state index in [4.69, 9.17) is 0 Å². The third-order valence-corrected chi connectivity index (χ3v) is 3.62. The van der Waals surface area contributed by atoms with Crippen molar-refractivity contribution in [3.05, 3.63) is 40.9 Å². The Morgan fingerprint density at radius 3 is 3.20 bits per heavy atom. The number of hydrogen-bond donors (Lipinski definition) is 0. The summed E-state index contributed by atoms with van der Waals surface area (Å²) >= 11 is 1.77. The first-order valence-electron chi connectivity index (χ1n) is 4.78. The second-order valence-corrected chi connectivity index (χ2v) is 4.66. The van der Waals surface area contributed by atoms with Crippen LogP contribution in [-0.2, 0) is 6.54 Å². The van der Waals surface area contributed by atoms with E-state index in [9.17, 15) is 0 Å². The van der Waals surface area contributed by atoms with Crippen LogP contribution in [0.3, 0.4) is 0 Å². The van der Waals surface area contributed by atoms with E-state index in [1.165, 1.54) is 10.6 Å². The maximum Gasteiger partial charge on any atom is 0.0896 e. The summed E-state index contributed by atoms with van der Waals surface area (Å²) in [4.78, 5) is 3.50. The molecule has 0 fully saturated rings. The van der Waals surface area contributed by atoms with Crippen LogP contribution in [0, 0.1) is 0 Å². The molecule has 15 heavy (non-hydrogen) atoms. The molecule has 0 saturated carbocycles. The minimum atomic E-state index is 0.912. The largest absolute Gasteiger partial charge is 0.368 e. The van der Waals surface area contributed by atoms with E-state index >= 15 is 0 Å². The van der Waals surface area contributed by atoms with Gasteiger partial charge in [0, 0.05) is 11.9 Å². The maximum atomic E-state index is 4.35. The number of rotatable bonds is 0. The second-order valence-electron chi connectivity index (χ2n) is 3.66. The molecule has 76 valence electrons. The summed E-state index contributed by atoms with van der Waals surface area (Å²) in [7, 11) is 2.06. The maximum absolute atomic E-state index is 4.35. The molecule has 0 saturated heterocycles. The highest BCUT2D eigenvalue weighted by atomic mass is 32.1. The van der Waals surface area contributed by atoms with E-state index < -0.39 is 0 Å². The summed E-state index contributed by atoms with van der Waals surface area (Å²) in [5, 5.41) is 6.46. The van der Waals surface area contributed by atoms with Crippen LogP contribution < -0.4 is 0 Å². The molecular weight excluding hydrogens is 206 g/mol. The van der Waals surface area contributed by atoms with E-state index in [0.29, 0.717) is 0 Å². The van der Waals surface area contributed by atoms with Gasteiger partial charge in [0.15, 0.2) is 0 Å². The Hall–Kier alpha value is -1.55. The first kappa shape index (κ1) is 8.73. The minimum absolute atomic E-state index is 0.912. The lowest BCUT2D eigenvalue weighted by Gasteiger charge is -2.17. The van der Waals surface area contributed by atoms with Crippen molar-refractivity contribution < 1.29 is 0 Å². The van der Waals surface area contributed by atoms with Crippen LogP contribution in [0.5, 0.6) is 0 Å². The highest BCUT2D eigenvalue weighted by Gasteiger charge is 2.20. The van der Waals surface area contributed by atoms with Gasteiger partial charge in [-0.25, -0.2) is 4.68 Å². The Labute approximate surface area is 92.3 Å². The van der Waals surface area contributed by atoms with Crippen molar-refractivity contribution in [3.63, 3.8) is 0 Å². The predicted molar refractivity (Wildman–Crippen MR) is 61.9 cm³/mol. The highest BCUT2D eigenvalue weighted by Crippen LogP contribution is 2.31. The van der Waals surface area contributed by atoms with Crippen molar-refractivity contribution in [1.82, 2.24) is 14.7 Å². The summed E-state index contributed by atoms with van der Waals surface area (Å²) in [5.74, 6) is 0. The van der Waals surface area contributed by atoms with E-state index in [2.05, 4.69) is 35.1 Å². The Balaban J connectivity index is 2.30.